The van der Waals surface area contributed by atoms with E-state index in [4.69, 9.17) is 10.1 Å². The molecule has 39 heavy (non-hydrogen) atoms. The van der Waals surface area contributed by atoms with Crippen molar-refractivity contribution in [3.63, 3.8) is 0 Å². The first-order chi connectivity index (χ1) is 18.4. The summed E-state index contributed by atoms with van der Waals surface area (Å²) in [5.74, 6) is 0.873. The van der Waals surface area contributed by atoms with Gasteiger partial charge in [0.1, 0.15) is 15.6 Å². The molecule has 0 aliphatic carbocycles. The molecule has 0 fully saturated rings. The first-order valence-electron chi connectivity index (χ1n) is 12.0. The Labute approximate surface area is 227 Å². The third-order valence-electron chi connectivity index (χ3n) is 6.31. The number of nitrogens with zero attached hydrogens (tertiary/aromatic N) is 4. The highest BCUT2D eigenvalue weighted by Gasteiger charge is 2.34. The molecule has 0 radical (unpaired) electrons. The number of primary sulfonamides is 1. The minimum atomic E-state index is -4.61. The fourth-order valence-electron chi connectivity index (χ4n) is 4.59. The molecule has 0 bridgehead atoms. The van der Waals surface area contributed by atoms with Crippen LogP contribution in [0.15, 0.2) is 58.9 Å². The summed E-state index contributed by atoms with van der Waals surface area (Å²) in [5, 5.41) is 5.45. The van der Waals surface area contributed by atoms with Gasteiger partial charge in [-0.2, -0.15) is 13.2 Å². The minimum absolute atomic E-state index is 0.125. The molecule has 0 aliphatic rings. The molecule has 12 heteroatoms. The van der Waals surface area contributed by atoms with Crippen LogP contribution in [0.3, 0.4) is 0 Å². The van der Waals surface area contributed by atoms with Crippen molar-refractivity contribution in [3.05, 3.63) is 82.9 Å². The number of nitrogens with two attached hydrogens (primary N) is 1. The summed E-state index contributed by atoms with van der Waals surface area (Å²) in [6, 6.07) is 11.8. The van der Waals surface area contributed by atoms with Crippen molar-refractivity contribution in [1.29, 1.82) is 0 Å². The van der Waals surface area contributed by atoms with Crippen molar-refractivity contribution in [3.8, 4) is 21.7 Å². The smallest absolute Gasteiger partial charge is 0.308 e. The summed E-state index contributed by atoms with van der Waals surface area (Å²) < 4.78 is 67.5. The van der Waals surface area contributed by atoms with Crippen LogP contribution in [-0.4, -0.2) is 27.9 Å². The second kappa shape index (κ2) is 9.85. The topological polar surface area (TPSA) is 104 Å². The highest BCUT2D eigenvalue weighted by molar-refractivity contribution is 7.91. The second-order valence-corrected chi connectivity index (χ2v) is 12.0. The number of benzene rings is 1. The third-order valence-corrected chi connectivity index (χ3v) is 8.96. The summed E-state index contributed by atoms with van der Waals surface area (Å²) in [7, 11) is -4.23. The Hall–Kier alpha value is -3.61. The predicted molar refractivity (Wildman–Crippen MR) is 145 cm³/mol. The maximum absolute atomic E-state index is 13.6. The van der Waals surface area contributed by atoms with Crippen molar-refractivity contribution < 1.29 is 21.6 Å². The van der Waals surface area contributed by atoms with Crippen LogP contribution in [0.1, 0.15) is 35.1 Å². The Kier molecular flexibility index (Phi) is 6.81. The largest absolute Gasteiger partial charge is 0.417 e. The van der Waals surface area contributed by atoms with Gasteiger partial charge >= 0.3 is 6.18 Å². The number of thiophene rings is 1. The van der Waals surface area contributed by atoms with Crippen LogP contribution < -0.4 is 5.14 Å². The molecule has 0 saturated heterocycles. The van der Waals surface area contributed by atoms with E-state index < -0.39 is 21.8 Å². The van der Waals surface area contributed by atoms with E-state index in [-0.39, 0.29) is 25.9 Å². The van der Waals surface area contributed by atoms with Gasteiger partial charge in [-0.25, -0.2) is 23.5 Å². The first-order valence-corrected chi connectivity index (χ1v) is 14.3. The lowest BCUT2D eigenvalue weighted by molar-refractivity contribution is -0.137. The maximum Gasteiger partial charge on any atom is 0.417 e. The second-order valence-electron chi connectivity index (χ2n) is 9.17. The van der Waals surface area contributed by atoms with E-state index in [0.29, 0.717) is 24.3 Å². The fraction of sp³-hybridized carbons (Fsp3) is 0.222. The molecule has 5 rings (SSSR count). The molecule has 7 nitrogen and oxygen atoms in total. The molecule has 2 N–H and O–H groups in total. The van der Waals surface area contributed by atoms with Gasteiger partial charge in [-0.1, -0.05) is 31.2 Å². The maximum atomic E-state index is 13.6. The lowest BCUT2D eigenvalue weighted by atomic mass is 10.0. The molecule has 0 saturated carbocycles. The third kappa shape index (κ3) is 5.19. The average Bonchev–Trinajstić information content (AvgIpc) is 3.47. The summed E-state index contributed by atoms with van der Waals surface area (Å²) in [5.41, 5.74) is 3.80. The summed E-state index contributed by atoms with van der Waals surface area (Å²) in [4.78, 5) is 14.0. The van der Waals surface area contributed by atoms with E-state index in [2.05, 4.69) is 9.97 Å². The fourth-order valence-corrected chi connectivity index (χ4v) is 6.73. The monoisotopic (exact) mass is 571 g/mol. The molecular formula is C27H24F3N5O2S2. The normalized spacial score (nSPS) is 12.4. The molecule has 0 spiro atoms. The average molecular weight is 572 g/mol. The Bertz CT molecular complexity index is 1810. The van der Waals surface area contributed by atoms with E-state index in [0.717, 1.165) is 39.9 Å². The van der Waals surface area contributed by atoms with Gasteiger partial charge < -0.3 is 4.57 Å². The zero-order valence-electron chi connectivity index (χ0n) is 21.2. The van der Waals surface area contributed by atoms with E-state index in [1.165, 1.54) is 24.3 Å². The number of aryl methyl sites for hydroxylation is 3. The number of fused-ring (bicyclic) bond motifs is 1. The molecule has 202 valence electrons. The van der Waals surface area contributed by atoms with Crippen molar-refractivity contribution in [1.82, 2.24) is 19.5 Å². The van der Waals surface area contributed by atoms with Gasteiger partial charge in [0.25, 0.3) is 0 Å². The Morgan fingerprint density at radius 1 is 1.03 bits per heavy atom. The molecule has 4 aromatic heterocycles. The van der Waals surface area contributed by atoms with E-state index in [1.54, 1.807) is 18.3 Å². The number of pyridine rings is 2. The molecule has 4 heterocycles. The molecule has 5 aromatic rings. The summed E-state index contributed by atoms with van der Waals surface area (Å²) in [6.07, 6.45) is -2.30. The molecule has 1 aromatic carbocycles. The zero-order valence-corrected chi connectivity index (χ0v) is 22.9. The van der Waals surface area contributed by atoms with Gasteiger partial charge in [0.15, 0.2) is 5.65 Å². The van der Waals surface area contributed by atoms with Gasteiger partial charge in [-0.15, -0.1) is 11.3 Å². The van der Waals surface area contributed by atoms with E-state index >= 15 is 0 Å². The van der Waals surface area contributed by atoms with Gasteiger partial charge in [0.05, 0.1) is 17.8 Å². The van der Waals surface area contributed by atoms with Crippen LogP contribution in [0.25, 0.3) is 32.9 Å². The number of sulfonamides is 1. The SMILES string of the molecule is CCc1nc2c(C)cc(C)nc2n1Cc1ccc(-c2cc(-c3ccccc3C(F)(F)F)sc2S(N)(=O)=O)nc1. The van der Waals surface area contributed by atoms with Gasteiger partial charge in [0.2, 0.25) is 10.0 Å². The number of hydrogen-bond donors (Lipinski definition) is 1. The minimum Gasteiger partial charge on any atom is -0.308 e. The molecule has 0 amide bonds. The predicted octanol–water partition coefficient (Wildman–Crippen LogP) is 6.12. The number of rotatable bonds is 6. The van der Waals surface area contributed by atoms with E-state index in [9.17, 15) is 21.6 Å². The standard InChI is InChI=1S/C27H24F3N5O2S2/c1-4-23-34-24-15(2)11-16(3)33-25(24)35(23)14-17-9-10-21(32-13-17)19-12-22(38-26(19)39(31,36)37)18-7-5-6-8-20(18)27(28,29)30/h5-13H,4,14H2,1-3H3,(H2,31,36,37). The van der Waals surface area contributed by atoms with Crippen LogP contribution in [0.2, 0.25) is 0 Å². The van der Waals surface area contributed by atoms with Crippen molar-refractivity contribution in [2.24, 2.45) is 5.14 Å². The van der Waals surface area contributed by atoms with Gasteiger partial charge in [0, 0.05) is 34.3 Å². The highest BCUT2D eigenvalue weighted by Crippen LogP contribution is 2.43. The molecular weight excluding hydrogens is 547 g/mol. The first kappa shape index (κ1) is 27.0. The molecule has 0 atom stereocenters. The number of halogens is 3. The van der Waals surface area contributed by atoms with Gasteiger partial charge in [-0.3, -0.25) is 4.98 Å². The van der Waals surface area contributed by atoms with Crippen LogP contribution in [-0.2, 0) is 29.2 Å². The highest BCUT2D eigenvalue weighted by atomic mass is 32.2. The Balaban J connectivity index is 1.55. The van der Waals surface area contributed by atoms with Crippen molar-refractivity contribution in [2.45, 2.75) is 44.1 Å². The van der Waals surface area contributed by atoms with Crippen LogP contribution in [0.4, 0.5) is 13.2 Å². The summed E-state index contributed by atoms with van der Waals surface area (Å²) in [6.45, 7) is 6.38. The lowest BCUT2D eigenvalue weighted by Crippen LogP contribution is -2.11. The van der Waals surface area contributed by atoms with Crippen LogP contribution in [0, 0.1) is 13.8 Å². The number of imidazole rings is 1. The van der Waals surface area contributed by atoms with Crippen molar-refractivity contribution >= 4 is 32.5 Å². The van der Waals surface area contributed by atoms with Gasteiger partial charge in [-0.05, 0) is 49.2 Å². The summed E-state index contributed by atoms with van der Waals surface area (Å²) >= 11 is 0.688. The lowest BCUT2D eigenvalue weighted by Gasteiger charge is -2.11. The molecule has 0 unspecified atom stereocenters. The van der Waals surface area contributed by atoms with Crippen LogP contribution >= 0.6 is 11.3 Å². The van der Waals surface area contributed by atoms with Crippen molar-refractivity contribution in [2.75, 3.05) is 0 Å². The number of alkyl halides is 3. The number of hydrogen-bond acceptors (Lipinski definition) is 6. The molecule has 0 aliphatic heterocycles. The Morgan fingerprint density at radius 3 is 2.41 bits per heavy atom. The zero-order chi connectivity index (χ0) is 28.1. The van der Waals surface area contributed by atoms with E-state index in [1.807, 2.05) is 31.4 Å². The van der Waals surface area contributed by atoms with Crippen LogP contribution in [0.5, 0.6) is 0 Å². The quantitative estimate of drug-likeness (QED) is 0.265. The number of aromatic nitrogens is 4. The Morgan fingerprint density at radius 2 is 1.77 bits per heavy atom.